The van der Waals surface area contributed by atoms with Crippen LogP contribution >= 0.6 is 11.6 Å². The first-order chi connectivity index (χ1) is 12.1. The summed E-state index contributed by atoms with van der Waals surface area (Å²) in [6.45, 7) is 9.61. The summed E-state index contributed by atoms with van der Waals surface area (Å²) in [4.78, 5) is 27.3. The number of nitrogens with zero attached hydrogens (tertiary/aromatic N) is 1. The number of carbonyl (C=O) groups is 2. The van der Waals surface area contributed by atoms with Crippen LogP contribution in [-0.4, -0.2) is 49.9 Å². The molecule has 0 aliphatic rings. The average Bonchev–Trinajstić information content (AvgIpc) is 2.56. The summed E-state index contributed by atoms with van der Waals surface area (Å²) in [7, 11) is 4.02. The molecule has 2 unspecified atom stereocenters. The predicted octanol–water partition coefficient (Wildman–Crippen LogP) is 3.19. The molecule has 0 saturated heterocycles. The average molecular weight is 382 g/mol. The van der Waals surface area contributed by atoms with Crippen LogP contribution in [0.25, 0.3) is 0 Å². The highest BCUT2D eigenvalue weighted by atomic mass is 35.5. The molecule has 2 atom stereocenters. The van der Waals surface area contributed by atoms with Crippen molar-refractivity contribution in [3.63, 3.8) is 0 Å². The molecule has 1 aromatic carbocycles. The third-order valence-electron chi connectivity index (χ3n) is 4.37. The lowest BCUT2D eigenvalue weighted by atomic mass is 9.92. The highest BCUT2D eigenvalue weighted by Gasteiger charge is 2.28. The molecule has 0 aliphatic carbocycles. The van der Waals surface area contributed by atoms with Gasteiger partial charge in [-0.05, 0) is 49.7 Å². The second kappa shape index (κ2) is 9.93. The zero-order valence-corrected chi connectivity index (χ0v) is 17.5. The van der Waals surface area contributed by atoms with Gasteiger partial charge in [0.1, 0.15) is 6.04 Å². The maximum Gasteiger partial charge on any atom is 0.251 e. The lowest BCUT2D eigenvalue weighted by Gasteiger charge is -2.30. The van der Waals surface area contributed by atoms with Gasteiger partial charge in [0.25, 0.3) is 5.91 Å². The zero-order valence-electron chi connectivity index (χ0n) is 16.7. The first-order valence-electron chi connectivity index (χ1n) is 9.04. The molecule has 0 bridgehead atoms. The summed E-state index contributed by atoms with van der Waals surface area (Å²) in [6, 6.07) is 6.07. The third-order valence-corrected chi connectivity index (χ3v) is 4.63. The van der Waals surface area contributed by atoms with E-state index in [0.29, 0.717) is 17.1 Å². The number of hydrogen-bond donors (Lipinski definition) is 2. The van der Waals surface area contributed by atoms with Gasteiger partial charge in [0.2, 0.25) is 5.91 Å². The van der Waals surface area contributed by atoms with Gasteiger partial charge < -0.3 is 15.5 Å². The van der Waals surface area contributed by atoms with Crippen LogP contribution in [0.4, 0.5) is 0 Å². The van der Waals surface area contributed by atoms with Gasteiger partial charge in [0, 0.05) is 23.7 Å². The van der Waals surface area contributed by atoms with Gasteiger partial charge in [-0.3, -0.25) is 9.59 Å². The van der Waals surface area contributed by atoms with Crippen LogP contribution in [0.15, 0.2) is 24.3 Å². The van der Waals surface area contributed by atoms with Crippen molar-refractivity contribution in [2.45, 2.75) is 40.2 Å². The summed E-state index contributed by atoms with van der Waals surface area (Å²) in [5, 5.41) is 6.45. The Morgan fingerprint density at radius 2 is 1.77 bits per heavy atom. The molecule has 26 heavy (non-hydrogen) atoms. The molecule has 0 radical (unpaired) electrons. The van der Waals surface area contributed by atoms with Gasteiger partial charge in [-0.2, -0.15) is 0 Å². The maximum atomic E-state index is 12.7. The van der Waals surface area contributed by atoms with Crippen LogP contribution < -0.4 is 10.6 Å². The van der Waals surface area contributed by atoms with Crippen molar-refractivity contribution in [2.75, 3.05) is 27.2 Å². The summed E-state index contributed by atoms with van der Waals surface area (Å²) in [5.74, 6) is -0.383. The number of carbonyl (C=O) groups excluding carboxylic acids is 2. The molecular formula is C20H32ClN3O2. The molecule has 0 heterocycles. The molecule has 0 spiro atoms. The standard InChI is InChI=1S/C20H32ClN3O2/c1-7-14(2)17(19(26)22-12-20(3,4)13-24(5)6)23-18(25)15-8-10-16(21)11-9-15/h8-11,14,17H,7,12-13H2,1-6H3,(H,22,26)(H,23,25). The molecule has 146 valence electrons. The number of hydrogen-bond acceptors (Lipinski definition) is 3. The van der Waals surface area contributed by atoms with Gasteiger partial charge in [-0.15, -0.1) is 0 Å². The minimum Gasteiger partial charge on any atom is -0.354 e. The molecule has 0 saturated carbocycles. The van der Waals surface area contributed by atoms with Crippen molar-refractivity contribution in [2.24, 2.45) is 11.3 Å². The highest BCUT2D eigenvalue weighted by Crippen LogP contribution is 2.16. The fourth-order valence-corrected chi connectivity index (χ4v) is 3.00. The highest BCUT2D eigenvalue weighted by molar-refractivity contribution is 6.30. The van der Waals surface area contributed by atoms with Crippen molar-refractivity contribution >= 4 is 23.4 Å². The van der Waals surface area contributed by atoms with Crippen molar-refractivity contribution in [1.29, 1.82) is 0 Å². The molecular weight excluding hydrogens is 350 g/mol. The van der Waals surface area contributed by atoms with Gasteiger partial charge in [0.05, 0.1) is 0 Å². The number of nitrogens with one attached hydrogen (secondary N) is 2. The van der Waals surface area contributed by atoms with E-state index in [1.165, 1.54) is 0 Å². The fourth-order valence-electron chi connectivity index (χ4n) is 2.88. The fraction of sp³-hybridized carbons (Fsp3) is 0.600. The molecule has 0 aliphatic heterocycles. The summed E-state index contributed by atoms with van der Waals surface area (Å²) < 4.78 is 0. The van der Waals surface area contributed by atoms with Gasteiger partial charge in [0.15, 0.2) is 0 Å². The van der Waals surface area contributed by atoms with Crippen LogP contribution in [0.5, 0.6) is 0 Å². The van der Waals surface area contributed by atoms with Crippen molar-refractivity contribution in [3.05, 3.63) is 34.9 Å². The second-order valence-electron chi connectivity index (χ2n) is 7.96. The Labute approximate surface area is 162 Å². The molecule has 0 fully saturated rings. The van der Waals surface area contributed by atoms with E-state index in [2.05, 4.69) is 29.4 Å². The van der Waals surface area contributed by atoms with Crippen LogP contribution in [0.3, 0.4) is 0 Å². The molecule has 2 N–H and O–H groups in total. The Bertz CT molecular complexity index is 600. The van der Waals surface area contributed by atoms with Gasteiger partial charge >= 0.3 is 0 Å². The largest absolute Gasteiger partial charge is 0.354 e. The number of halogens is 1. The summed E-state index contributed by atoms with van der Waals surface area (Å²) in [6.07, 6.45) is 0.792. The van der Waals surface area contributed by atoms with E-state index >= 15 is 0 Å². The van der Waals surface area contributed by atoms with E-state index in [0.717, 1.165) is 13.0 Å². The Morgan fingerprint density at radius 3 is 2.27 bits per heavy atom. The predicted molar refractivity (Wildman–Crippen MR) is 108 cm³/mol. The normalized spacial score (nSPS) is 14.0. The van der Waals surface area contributed by atoms with Crippen LogP contribution in [0.2, 0.25) is 5.02 Å². The monoisotopic (exact) mass is 381 g/mol. The van der Waals surface area contributed by atoms with Crippen molar-refractivity contribution in [3.8, 4) is 0 Å². The van der Waals surface area contributed by atoms with Crippen molar-refractivity contribution < 1.29 is 9.59 Å². The van der Waals surface area contributed by atoms with Crippen LogP contribution in [0, 0.1) is 11.3 Å². The van der Waals surface area contributed by atoms with E-state index in [1.54, 1.807) is 24.3 Å². The second-order valence-corrected chi connectivity index (χ2v) is 8.40. The minimum absolute atomic E-state index is 0.0308. The Morgan fingerprint density at radius 1 is 1.19 bits per heavy atom. The van der Waals surface area contributed by atoms with Crippen LogP contribution in [-0.2, 0) is 4.79 Å². The molecule has 1 aromatic rings. The summed E-state index contributed by atoms with van der Waals surface area (Å²) >= 11 is 5.87. The first kappa shape index (κ1) is 22.5. The third kappa shape index (κ3) is 7.34. The molecule has 5 nitrogen and oxygen atoms in total. The quantitative estimate of drug-likeness (QED) is 0.690. The first-order valence-corrected chi connectivity index (χ1v) is 9.42. The minimum atomic E-state index is -0.571. The molecule has 0 aromatic heterocycles. The lowest BCUT2D eigenvalue weighted by molar-refractivity contribution is -0.124. The van der Waals surface area contributed by atoms with Crippen molar-refractivity contribution in [1.82, 2.24) is 15.5 Å². The van der Waals surface area contributed by atoms with E-state index in [9.17, 15) is 9.59 Å². The Kier molecular flexibility index (Phi) is 8.57. The van der Waals surface area contributed by atoms with E-state index in [1.807, 2.05) is 27.9 Å². The SMILES string of the molecule is CCC(C)C(NC(=O)c1ccc(Cl)cc1)C(=O)NCC(C)(C)CN(C)C. The van der Waals surface area contributed by atoms with Gasteiger partial charge in [-0.1, -0.05) is 45.7 Å². The maximum absolute atomic E-state index is 12.7. The Hall–Kier alpha value is -1.59. The zero-order chi connectivity index (χ0) is 19.9. The Balaban J connectivity index is 2.78. The smallest absolute Gasteiger partial charge is 0.251 e. The number of benzene rings is 1. The number of amides is 2. The molecule has 2 amide bonds. The topological polar surface area (TPSA) is 61.4 Å². The molecule has 1 rings (SSSR count). The lowest BCUT2D eigenvalue weighted by Crippen LogP contribution is -2.52. The van der Waals surface area contributed by atoms with Crippen LogP contribution in [0.1, 0.15) is 44.5 Å². The van der Waals surface area contributed by atoms with E-state index in [4.69, 9.17) is 11.6 Å². The number of rotatable bonds is 9. The molecule has 6 heteroatoms. The van der Waals surface area contributed by atoms with Gasteiger partial charge in [-0.25, -0.2) is 0 Å². The summed E-state index contributed by atoms with van der Waals surface area (Å²) in [5.41, 5.74) is 0.433. The van der Waals surface area contributed by atoms with E-state index < -0.39 is 6.04 Å². The van der Waals surface area contributed by atoms with E-state index in [-0.39, 0.29) is 23.1 Å².